The van der Waals surface area contributed by atoms with E-state index in [2.05, 4.69) is 30.2 Å². The van der Waals surface area contributed by atoms with E-state index in [9.17, 15) is 0 Å². The summed E-state index contributed by atoms with van der Waals surface area (Å²) in [6.45, 7) is 7.73. The summed E-state index contributed by atoms with van der Waals surface area (Å²) in [5.74, 6) is 1.23. The van der Waals surface area contributed by atoms with Gasteiger partial charge in [-0.05, 0) is 31.9 Å². The molecule has 1 saturated heterocycles. The van der Waals surface area contributed by atoms with Crippen molar-refractivity contribution in [3.8, 4) is 5.88 Å². The molecule has 0 saturated carbocycles. The zero-order valence-corrected chi connectivity index (χ0v) is 11.9. The minimum atomic E-state index is 0.338. The van der Waals surface area contributed by atoms with Gasteiger partial charge in [0.05, 0.1) is 13.2 Å². The van der Waals surface area contributed by atoms with Crippen molar-refractivity contribution in [2.24, 2.45) is 5.92 Å². The molecule has 1 aliphatic heterocycles. The average Bonchev–Trinajstić information content (AvgIpc) is 2.96. The van der Waals surface area contributed by atoms with Crippen molar-refractivity contribution in [2.75, 3.05) is 26.4 Å². The molecule has 106 valence electrons. The number of aromatic nitrogens is 1. The van der Waals surface area contributed by atoms with Crippen molar-refractivity contribution in [1.29, 1.82) is 0 Å². The maximum atomic E-state index is 5.69. The highest BCUT2D eigenvalue weighted by atomic mass is 16.5. The van der Waals surface area contributed by atoms with Crippen LogP contribution in [-0.2, 0) is 4.74 Å². The van der Waals surface area contributed by atoms with Crippen LogP contribution in [0, 0.1) is 5.92 Å². The molecule has 0 radical (unpaired) electrons. The lowest BCUT2D eigenvalue weighted by Crippen LogP contribution is -2.19. The number of hydrogen-bond acceptors (Lipinski definition) is 4. The summed E-state index contributed by atoms with van der Waals surface area (Å²) in [5, 5.41) is 3.45. The van der Waals surface area contributed by atoms with Gasteiger partial charge in [0.15, 0.2) is 0 Å². The monoisotopic (exact) mass is 264 g/mol. The predicted molar refractivity (Wildman–Crippen MR) is 75.4 cm³/mol. The van der Waals surface area contributed by atoms with E-state index in [1.807, 2.05) is 12.3 Å². The number of rotatable bonds is 7. The lowest BCUT2D eigenvalue weighted by Gasteiger charge is -2.14. The first kappa shape index (κ1) is 14.3. The highest BCUT2D eigenvalue weighted by Crippen LogP contribution is 2.17. The first-order valence-corrected chi connectivity index (χ1v) is 7.19. The second-order valence-electron chi connectivity index (χ2n) is 5.15. The SMILES string of the molecule is CCCNC(C)c1ccc(OCC2CCOC2)nc1. The van der Waals surface area contributed by atoms with E-state index in [0.29, 0.717) is 24.4 Å². The Morgan fingerprint density at radius 2 is 2.42 bits per heavy atom. The summed E-state index contributed by atoms with van der Waals surface area (Å²) in [6.07, 6.45) is 4.13. The molecular weight excluding hydrogens is 240 g/mol. The number of nitrogens with zero attached hydrogens (tertiary/aromatic N) is 1. The summed E-state index contributed by atoms with van der Waals surface area (Å²) >= 11 is 0. The van der Waals surface area contributed by atoms with Crippen LogP contribution in [0.25, 0.3) is 0 Å². The van der Waals surface area contributed by atoms with Gasteiger partial charge in [-0.3, -0.25) is 0 Å². The molecule has 2 unspecified atom stereocenters. The van der Waals surface area contributed by atoms with Crippen LogP contribution in [0.2, 0.25) is 0 Å². The maximum Gasteiger partial charge on any atom is 0.213 e. The number of hydrogen-bond donors (Lipinski definition) is 1. The summed E-state index contributed by atoms with van der Waals surface area (Å²) in [5.41, 5.74) is 1.20. The first-order chi connectivity index (χ1) is 9.29. The number of ether oxygens (including phenoxy) is 2. The smallest absolute Gasteiger partial charge is 0.213 e. The van der Waals surface area contributed by atoms with Gasteiger partial charge in [0.2, 0.25) is 5.88 Å². The molecule has 1 aromatic rings. The van der Waals surface area contributed by atoms with Gasteiger partial charge in [0.1, 0.15) is 0 Å². The fourth-order valence-corrected chi connectivity index (χ4v) is 2.13. The van der Waals surface area contributed by atoms with E-state index < -0.39 is 0 Å². The van der Waals surface area contributed by atoms with Crippen LogP contribution in [0.15, 0.2) is 18.3 Å². The molecule has 0 amide bonds. The lowest BCUT2D eigenvalue weighted by molar-refractivity contribution is 0.165. The maximum absolute atomic E-state index is 5.69. The molecule has 4 nitrogen and oxygen atoms in total. The Morgan fingerprint density at radius 1 is 1.53 bits per heavy atom. The topological polar surface area (TPSA) is 43.4 Å². The lowest BCUT2D eigenvalue weighted by atomic mass is 10.1. The van der Waals surface area contributed by atoms with E-state index in [1.54, 1.807) is 0 Å². The van der Waals surface area contributed by atoms with Crippen molar-refractivity contribution < 1.29 is 9.47 Å². The van der Waals surface area contributed by atoms with Gasteiger partial charge in [-0.25, -0.2) is 4.98 Å². The predicted octanol–water partition coefficient (Wildman–Crippen LogP) is 2.56. The van der Waals surface area contributed by atoms with Gasteiger partial charge in [0.25, 0.3) is 0 Å². The van der Waals surface area contributed by atoms with E-state index in [-0.39, 0.29) is 0 Å². The first-order valence-electron chi connectivity index (χ1n) is 7.19. The Morgan fingerprint density at radius 3 is 3.05 bits per heavy atom. The molecule has 1 fully saturated rings. The Bertz CT molecular complexity index is 361. The van der Waals surface area contributed by atoms with Crippen molar-refractivity contribution >= 4 is 0 Å². The minimum absolute atomic E-state index is 0.338. The van der Waals surface area contributed by atoms with Crippen LogP contribution in [0.1, 0.15) is 38.3 Å². The van der Waals surface area contributed by atoms with Crippen molar-refractivity contribution in [2.45, 2.75) is 32.7 Å². The molecule has 19 heavy (non-hydrogen) atoms. The van der Waals surface area contributed by atoms with E-state index in [1.165, 1.54) is 5.56 Å². The fourth-order valence-electron chi connectivity index (χ4n) is 2.13. The summed E-state index contributed by atoms with van der Waals surface area (Å²) in [7, 11) is 0. The number of pyridine rings is 1. The van der Waals surface area contributed by atoms with E-state index in [4.69, 9.17) is 9.47 Å². The van der Waals surface area contributed by atoms with Crippen LogP contribution in [0.4, 0.5) is 0 Å². The molecule has 0 aromatic carbocycles. The zero-order chi connectivity index (χ0) is 13.5. The average molecular weight is 264 g/mol. The molecule has 1 aliphatic rings. The van der Waals surface area contributed by atoms with Gasteiger partial charge in [-0.15, -0.1) is 0 Å². The standard InChI is InChI=1S/C15H24N2O2/c1-3-7-16-12(2)14-4-5-15(17-9-14)19-11-13-6-8-18-10-13/h4-5,9,12-13,16H,3,6-8,10-11H2,1-2H3. The van der Waals surface area contributed by atoms with Crippen LogP contribution < -0.4 is 10.1 Å². The Kier molecular flexibility index (Phi) is 5.61. The molecule has 0 aliphatic carbocycles. The Hall–Kier alpha value is -1.13. The van der Waals surface area contributed by atoms with Crippen LogP contribution in [0.3, 0.4) is 0 Å². The van der Waals surface area contributed by atoms with Gasteiger partial charge in [0, 0.05) is 30.8 Å². The molecule has 2 rings (SSSR count). The summed E-state index contributed by atoms with van der Waals surface area (Å²) < 4.78 is 11.0. The quantitative estimate of drug-likeness (QED) is 0.822. The Balaban J connectivity index is 1.80. The van der Waals surface area contributed by atoms with Gasteiger partial charge >= 0.3 is 0 Å². The summed E-state index contributed by atoms with van der Waals surface area (Å²) in [4.78, 5) is 4.37. The van der Waals surface area contributed by atoms with Crippen molar-refractivity contribution in [1.82, 2.24) is 10.3 Å². The molecule has 1 N–H and O–H groups in total. The van der Waals surface area contributed by atoms with Crippen LogP contribution in [-0.4, -0.2) is 31.3 Å². The van der Waals surface area contributed by atoms with Crippen molar-refractivity contribution in [3.63, 3.8) is 0 Å². The molecule has 1 aromatic heterocycles. The van der Waals surface area contributed by atoms with Gasteiger partial charge in [-0.1, -0.05) is 13.0 Å². The largest absolute Gasteiger partial charge is 0.477 e. The normalized spacial score (nSPS) is 20.4. The third-order valence-corrected chi connectivity index (χ3v) is 3.45. The second kappa shape index (κ2) is 7.46. The molecule has 2 heterocycles. The molecular formula is C15H24N2O2. The van der Waals surface area contributed by atoms with Crippen LogP contribution >= 0.6 is 0 Å². The van der Waals surface area contributed by atoms with Gasteiger partial charge < -0.3 is 14.8 Å². The molecule has 0 spiro atoms. The van der Waals surface area contributed by atoms with E-state index in [0.717, 1.165) is 32.6 Å². The summed E-state index contributed by atoms with van der Waals surface area (Å²) in [6, 6.07) is 4.38. The zero-order valence-electron chi connectivity index (χ0n) is 11.9. The third kappa shape index (κ3) is 4.48. The van der Waals surface area contributed by atoms with E-state index >= 15 is 0 Å². The highest BCUT2D eigenvalue weighted by Gasteiger charge is 2.16. The third-order valence-electron chi connectivity index (χ3n) is 3.45. The van der Waals surface area contributed by atoms with Crippen LogP contribution in [0.5, 0.6) is 5.88 Å². The fraction of sp³-hybridized carbons (Fsp3) is 0.667. The number of nitrogens with one attached hydrogen (secondary N) is 1. The molecule has 2 atom stereocenters. The molecule has 0 bridgehead atoms. The molecule has 4 heteroatoms. The van der Waals surface area contributed by atoms with Crippen molar-refractivity contribution in [3.05, 3.63) is 23.9 Å². The highest BCUT2D eigenvalue weighted by molar-refractivity contribution is 5.20. The second-order valence-corrected chi connectivity index (χ2v) is 5.15. The minimum Gasteiger partial charge on any atom is -0.477 e. The van der Waals surface area contributed by atoms with Gasteiger partial charge in [-0.2, -0.15) is 0 Å². The Labute approximate surface area is 115 Å².